The molecule has 0 amide bonds. The first kappa shape index (κ1) is 12.8. The predicted octanol–water partition coefficient (Wildman–Crippen LogP) is 2.10. The summed E-state index contributed by atoms with van der Waals surface area (Å²) >= 11 is 0. The summed E-state index contributed by atoms with van der Waals surface area (Å²) in [5.74, 6) is 2.43. The molecule has 4 nitrogen and oxygen atoms in total. The molecule has 2 aliphatic heterocycles. The average Bonchev–Trinajstić information content (AvgIpc) is 2.88. The van der Waals surface area contributed by atoms with Gasteiger partial charge in [0.2, 0.25) is 6.79 Å². The van der Waals surface area contributed by atoms with E-state index in [1.807, 2.05) is 0 Å². The van der Waals surface area contributed by atoms with E-state index in [9.17, 15) is 0 Å². The quantitative estimate of drug-likeness (QED) is 0.903. The summed E-state index contributed by atoms with van der Waals surface area (Å²) in [5, 5.41) is 3.47. The summed E-state index contributed by atoms with van der Waals surface area (Å²) in [6, 6.07) is 4.20. The van der Waals surface area contributed by atoms with E-state index in [4.69, 9.17) is 14.2 Å². The highest BCUT2D eigenvalue weighted by Gasteiger charge is 2.20. The van der Waals surface area contributed by atoms with Gasteiger partial charge in [-0.15, -0.1) is 0 Å². The Balaban J connectivity index is 1.81. The van der Waals surface area contributed by atoms with Crippen LogP contribution in [0.5, 0.6) is 11.5 Å². The van der Waals surface area contributed by atoms with E-state index >= 15 is 0 Å². The number of hydrogen-bond donors (Lipinski definition) is 1. The van der Waals surface area contributed by atoms with Gasteiger partial charge >= 0.3 is 0 Å². The molecule has 1 aromatic rings. The molecule has 0 radical (unpaired) electrons. The first-order valence-electron chi connectivity index (χ1n) is 6.98. The summed E-state index contributed by atoms with van der Waals surface area (Å²) in [7, 11) is 1.73. The van der Waals surface area contributed by atoms with Crippen LogP contribution in [-0.2, 0) is 17.8 Å². The minimum absolute atomic E-state index is 0.330. The summed E-state index contributed by atoms with van der Waals surface area (Å²) in [6.07, 6.45) is 3.66. The molecule has 104 valence electrons. The van der Waals surface area contributed by atoms with Crippen molar-refractivity contribution in [1.29, 1.82) is 0 Å². The van der Waals surface area contributed by atoms with Crippen molar-refractivity contribution in [3.63, 3.8) is 0 Å². The average molecular weight is 263 g/mol. The Hall–Kier alpha value is -1.26. The number of fused-ring (bicyclic) bond motifs is 1. The fraction of sp³-hybridized carbons (Fsp3) is 0.600. The molecule has 0 aromatic heterocycles. The van der Waals surface area contributed by atoms with Crippen LogP contribution in [0.2, 0.25) is 0 Å². The van der Waals surface area contributed by atoms with E-state index in [1.165, 1.54) is 24.0 Å². The van der Waals surface area contributed by atoms with Gasteiger partial charge in [0, 0.05) is 7.11 Å². The molecule has 1 N–H and O–H groups in total. The minimum Gasteiger partial charge on any atom is -0.454 e. The third kappa shape index (κ3) is 2.85. The molecule has 0 aliphatic carbocycles. The molecule has 1 fully saturated rings. The zero-order chi connectivity index (χ0) is 13.1. The van der Waals surface area contributed by atoms with E-state index in [0.717, 1.165) is 31.0 Å². The van der Waals surface area contributed by atoms with Gasteiger partial charge in [-0.25, -0.2) is 0 Å². The van der Waals surface area contributed by atoms with Crippen molar-refractivity contribution in [2.75, 3.05) is 27.0 Å². The van der Waals surface area contributed by atoms with Gasteiger partial charge in [0.25, 0.3) is 0 Å². The number of ether oxygens (including phenoxy) is 3. The number of hydrogen-bond acceptors (Lipinski definition) is 4. The first-order valence-corrected chi connectivity index (χ1v) is 6.98. The molecular weight excluding hydrogens is 242 g/mol. The molecular formula is C15H21NO3. The van der Waals surface area contributed by atoms with Gasteiger partial charge in [-0.1, -0.05) is 0 Å². The van der Waals surface area contributed by atoms with Crippen LogP contribution in [0.3, 0.4) is 0 Å². The molecule has 0 saturated carbocycles. The lowest BCUT2D eigenvalue weighted by molar-refractivity contribution is 0.173. The highest BCUT2D eigenvalue weighted by Crippen LogP contribution is 2.36. The maximum absolute atomic E-state index is 5.48. The number of piperidine rings is 1. The maximum Gasteiger partial charge on any atom is 0.231 e. The van der Waals surface area contributed by atoms with Crippen LogP contribution in [0.1, 0.15) is 24.0 Å². The third-order valence-electron chi connectivity index (χ3n) is 3.90. The lowest BCUT2D eigenvalue weighted by atomic mass is 9.90. The molecule has 3 rings (SSSR count). The van der Waals surface area contributed by atoms with Crippen LogP contribution in [-0.4, -0.2) is 27.0 Å². The van der Waals surface area contributed by atoms with Crippen LogP contribution in [0.25, 0.3) is 0 Å². The maximum atomic E-state index is 5.48. The standard InChI is InChI=1S/C15H21NO3/c1-17-9-13-7-15-14(18-10-19-15)6-12(13)5-11-3-2-4-16-8-11/h6-7,11,16H,2-5,8-10H2,1H3. The molecule has 2 aliphatic rings. The Morgan fingerprint density at radius 2 is 2.05 bits per heavy atom. The van der Waals surface area contributed by atoms with E-state index in [1.54, 1.807) is 7.11 Å². The number of benzene rings is 1. The second kappa shape index (κ2) is 5.80. The van der Waals surface area contributed by atoms with Gasteiger partial charge in [0.05, 0.1) is 6.61 Å². The summed E-state index contributed by atoms with van der Waals surface area (Å²) in [5.41, 5.74) is 2.55. The fourth-order valence-corrected chi connectivity index (χ4v) is 2.92. The van der Waals surface area contributed by atoms with E-state index in [-0.39, 0.29) is 0 Å². The number of methoxy groups -OCH3 is 1. The normalized spacial score (nSPS) is 21.6. The van der Waals surface area contributed by atoms with Crippen molar-refractivity contribution in [2.45, 2.75) is 25.9 Å². The number of rotatable bonds is 4. The Morgan fingerprint density at radius 1 is 1.26 bits per heavy atom. The SMILES string of the molecule is COCc1cc2c(cc1CC1CCCNC1)OCO2. The predicted molar refractivity (Wildman–Crippen MR) is 72.6 cm³/mol. The molecule has 1 unspecified atom stereocenters. The topological polar surface area (TPSA) is 39.7 Å². The molecule has 1 aromatic carbocycles. The van der Waals surface area contributed by atoms with Crippen molar-refractivity contribution in [3.8, 4) is 11.5 Å². The van der Waals surface area contributed by atoms with Gasteiger partial charge in [0.15, 0.2) is 11.5 Å². The molecule has 1 atom stereocenters. The second-order valence-electron chi connectivity index (χ2n) is 5.32. The van der Waals surface area contributed by atoms with Crippen molar-refractivity contribution in [2.24, 2.45) is 5.92 Å². The molecule has 1 saturated heterocycles. The van der Waals surface area contributed by atoms with E-state index in [2.05, 4.69) is 17.4 Å². The van der Waals surface area contributed by atoms with Gasteiger partial charge in [-0.2, -0.15) is 0 Å². The Morgan fingerprint density at radius 3 is 2.74 bits per heavy atom. The zero-order valence-electron chi connectivity index (χ0n) is 11.4. The Bertz CT molecular complexity index is 441. The van der Waals surface area contributed by atoms with Gasteiger partial charge in [0.1, 0.15) is 0 Å². The summed E-state index contributed by atoms with van der Waals surface area (Å²) in [4.78, 5) is 0. The molecule has 2 heterocycles. The fourth-order valence-electron chi connectivity index (χ4n) is 2.92. The lowest BCUT2D eigenvalue weighted by Crippen LogP contribution is -2.31. The number of nitrogens with one attached hydrogen (secondary N) is 1. The third-order valence-corrected chi connectivity index (χ3v) is 3.90. The van der Waals surface area contributed by atoms with Crippen molar-refractivity contribution < 1.29 is 14.2 Å². The Kier molecular flexibility index (Phi) is 3.89. The highest BCUT2D eigenvalue weighted by atomic mass is 16.7. The van der Waals surface area contributed by atoms with E-state index in [0.29, 0.717) is 19.3 Å². The van der Waals surface area contributed by atoms with Gasteiger partial charge in [-0.05, 0) is 61.5 Å². The van der Waals surface area contributed by atoms with Crippen LogP contribution in [0, 0.1) is 5.92 Å². The Labute approximate surface area is 114 Å². The van der Waals surface area contributed by atoms with Crippen LogP contribution < -0.4 is 14.8 Å². The highest BCUT2D eigenvalue weighted by molar-refractivity contribution is 5.48. The van der Waals surface area contributed by atoms with Crippen molar-refractivity contribution in [3.05, 3.63) is 23.3 Å². The summed E-state index contributed by atoms with van der Waals surface area (Å²) < 4.78 is 16.2. The van der Waals surface area contributed by atoms with Crippen LogP contribution in [0.4, 0.5) is 0 Å². The van der Waals surface area contributed by atoms with Crippen LogP contribution in [0.15, 0.2) is 12.1 Å². The zero-order valence-corrected chi connectivity index (χ0v) is 11.4. The molecule has 0 spiro atoms. The van der Waals surface area contributed by atoms with Crippen molar-refractivity contribution in [1.82, 2.24) is 5.32 Å². The van der Waals surface area contributed by atoms with Crippen molar-refractivity contribution >= 4 is 0 Å². The lowest BCUT2D eigenvalue weighted by Gasteiger charge is -2.23. The largest absolute Gasteiger partial charge is 0.454 e. The summed E-state index contributed by atoms with van der Waals surface area (Å²) in [6.45, 7) is 3.23. The first-order chi connectivity index (χ1) is 9.36. The minimum atomic E-state index is 0.330. The monoisotopic (exact) mass is 263 g/mol. The van der Waals surface area contributed by atoms with Crippen LogP contribution >= 0.6 is 0 Å². The van der Waals surface area contributed by atoms with Gasteiger partial charge in [-0.3, -0.25) is 0 Å². The molecule has 4 heteroatoms. The van der Waals surface area contributed by atoms with E-state index < -0.39 is 0 Å². The smallest absolute Gasteiger partial charge is 0.231 e. The second-order valence-corrected chi connectivity index (χ2v) is 5.32. The molecule has 0 bridgehead atoms. The van der Waals surface area contributed by atoms with Gasteiger partial charge < -0.3 is 19.5 Å². The molecule has 19 heavy (non-hydrogen) atoms.